The summed E-state index contributed by atoms with van der Waals surface area (Å²) >= 11 is 0. The number of benzene rings is 2. The maximum Gasteiger partial charge on any atom is 0.409 e. The number of ether oxygens (including phenoxy) is 1. The van der Waals surface area contributed by atoms with Gasteiger partial charge in [0, 0.05) is 37.8 Å². The lowest BCUT2D eigenvalue weighted by molar-refractivity contribution is 0.0574. The molecular weight excluding hydrogens is 414 g/mol. The summed E-state index contributed by atoms with van der Waals surface area (Å²) in [6, 6.07) is 18.5. The van der Waals surface area contributed by atoms with Gasteiger partial charge in [-0.15, -0.1) is 0 Å². The molecule has 2 heterocycles. The zero-order chi connectivity index (χ0) is 23.0. The van der Waals surface area contributed by atoms with Crippen LogP contribution in [0.15, 0.2) is 54.6 Å². The van der Waals surface area contributed by atoms with E-state index in [4.69, 9.17) is 4.74 Å². The fourth-order valence-corrected chi connectivity index (χ4v) is 5.01. The second kappa shape index (κ2) is 11.3. The predicted octanol–water partition coefficient (Wildman–Crippen LogP) is 4.42. The van der Waals surface area contributed by atoms with Gasteiger partial charge in [-0.3, -0.25) is 9.69 Å². The van der Waals surface area contributed by atoms with Crippen molar-refractivity contribution in [2.75, 3.05) is 39.3 Å². The van der Waals surface area contributed by atoms with Crippen molar-refractivity contribution in [2.24, 2.45) is 5.92 Å². The van der Waals surface area contributed by atoms with Crippen LogP contribution in [0.3, 0.4) is 0 Å². The first-order chi connectivity index (χ1) is 16.1. The first-order valence-electron chi connectivity index (χ1n) is 12.2. The zero-order valence-electron chi connectivity index (χ0n) is 19.5. The van der Waals surface area contributed by atoms with Gasteiger partial charge in [0.2, 0.25) is 0 Å². The molecule has 2 aliphatic heterocycles. The minimum absolute atomic E-state index is 0.00511. The van der Waals surface area contributed by atoms with Crippen molar-refractivity contribution in [2.45, 2.75) is 38.6 Å². The summed E-state index contributed by atoms with van der Waals surface area (Å²) in [5.74, 6) is 0.462. The summed E-state index contributed by atoms with van der Waals surface area (Å²) in [5.41, 5.74) is 2.97. The third kappa shape index (κ3) is 6.14. The van der Waals surface area contributed by atoms with Gasteiger partial charge >= 0.3 is 6.09 Å². The second-order valence-corrected chi connectivity index (χ2v) is 9.07. The Hall–Kier alpha value is -2.86. The van der Waals surface area contributed by atoms with Crippen LogP contribution in [-0.4, -0.2) is 67.2 Å². The highest BCUT2D eigenvalue weighted by Crippen LogP contribution is 2.24. The van der Waals surface area contributed by atoms with E-state index >= 15 is 0 Å². The number of hydrogen-bond donors (Lipinski definition) is 1. The molecule has 6 heteroatoms. The third-order valence-electron chi connectivity index (χ3n) is 6.86. The lowest BCUT2D eigenvalue weighted by Crippen LogP contribution is -2.50. The largest absolute Gasteiger partial charge is 0.450 e. The van der Waals surface area contributed by atoms with Crippen molar-refractivity contribution in [1.82, 2.24) is 15.1 Å². The molecule has 2 aromatic rings. The summed E-state index contributed by atoms with van der Waals surface area (Å²) in [6.07, 6.45) is 4.10. The Bertz CT molecular complexity index is 908. The van der Waals surface area contributed by atoms with Crippen molar-refractivity contribution in [1.29, 1.82) is 0 Å². The van der Waals surface area contributed by atoms with Crippen LogP contribution in [-0.2, 0) is 4.74 Å². The van der Waals surface area contributed by atoms with E-state index in [2.05, 4.69) is 22.3 Å². The lowest BCUT2D eigenvalue weighted by atomic mass is 9.93. The number of nitrogens with zero attached hydrogens (tertiary/aromatic N) is 2. The van der Waals surface area contributed by atoms with E-state index in [0.717, 1.165) is 63.0 Å². The molecule has 6 nitrogen and oxygen atoms in total. The molecule has 33 heavy (non-hydrogen) atoms. The molecule has 2 aliphatic rings. The minimum Gasteiger partial charge on any atom is -0.450 e. The number of carbonyl (C=O) groups is 2. The van der Waals surface area contributed by atoms with E-state index < -0.39 is 0 Å². The highest BCUT2D eigenvalue weighted by molar-refractivity contribution is 5.94. The molecule has 2 saturated heterocycles. The summed E-state index contributed by atoms with van der Waals surface area (Å²) in [5, 5.41) is 3.15. The average Bonchev–Trinajstić information content (AvgIpc) is 2.88. The van der Waals surface area contributed by atoms with Crippen LogP contribution < -0.4 is 5.32 Å². The molecule has 0 aromatic heterocycles. The van der Waals surface area contributed by atoms with Gasteiger partial charge in [-0.05, 0) is 68.3 Å². The Kier molecular flexibility index (Phi) is 8.00. The lowest BCUT2D eigenvalue weighted by Gasteiger charge is -2.42. The van der Waals surface area contributed by atoms with Crippen molar-refractivity contribution in [3.8, 4) is 11.1 Å². The predicted molar refractivity (Wildman–Crippen MR) is 130 cm³/mol. The van der Waals surface area contributed by atoms with Gasteiger partial charge in [-0.1, -0.05) is 42.5 Å². The number of nitrogens with one attached hydrogen (secondary N) is 1. The molecule has 1 atom stereocenters. The first-order valence-corrected chi connectivity index (χ1v) is 12.2. The fraction of sp³-hybridized carbons (Fsp3) is 0.481. The summed E-state index contributed by atoms with van der Waals surface area (Å²) in [7, 11) is 0. The molecule has 1 N–H and O–H groups in total. The first kappa shape index (κ1) is 23.3. The van der Waals surface area contributed by atoms with Gasteiger partial charge in [-0.25, -0.2) is 4.79 Å². The second-order valence-electron chi connectivity index (χ2n) is 9.07. The fourth-order valence-electron chi connectivity index (χ4n) is 5.01. The quantitative estimate of drug-likeness (QED) is 0.709. The third-order valence-corrected chi connectivity index (χ3v) is 6.86. The number of carbonyl (C=O) groups excluding carboxylic acids is 2. The van der Waals surface area contributed by atoms with Crippen molar-refractivity contribution >= 4 is 12.0 Å². The molecule has 2 aromatic carbocycles. The monoisotopic (exact) mass is 449 g/mol. The van der Waals surface area contributed by atoms with E-state index in [9.17, 15) is 9.59 Å². The summed E-state index contributed by atoms with van der Waals surface area (Å²) in [6.45, 7) is 6.62. The molecule has 0 radical (unpaired) electrons. The van der Waals surface area contributed by atoms with Gasteiger partial charge in [0.15, 0.2) is 0 Å². The van der Waals surface area contributed by atoms with Crippen LogP contribution in [0, 0.1) is 5.92 Å². The SMILES string of the molecule is CCOC(=O)N1CCC(N2CCCC(CNC(=O)c3ccc(-c4ccccc4)cc3)C2)CC1. The van der Waals surface area contributed by atoms with Gasteiger partial charge in [0.1, 0.15) is 0 Å². The number of likely N-dealkylation sites (tertiary alicyclic amines) is 2. The van der Waals surface area contributed by atoms with Crippen LogP contribution in [0.5, 0.6) is 0 Å². The molecule has 4 rings (SSSR count). The standard InChI is InChI=1S/C27H35N3O3/c1-2-33-27(32)29-17-14-25(15-18-29)30-16-6-7-21(20-30)19-28-26(31)24-12-10-23(11-13-24)22-8-4-3-5-9-22/h3-5,8-13,21,25H,2,6-7,14-20H2,1H3,(H,28,31). The Labute approximate surface area is 196 Å². The molecule has 1 unspecified atom stereocenters. The highest BCUT2D eigenvalue weighted by atomic mass is 16.6. The summed E-state index contributed by atoms with van der Waals surface area (Å²) < 4.78 is 5.13. The molecule has 0 saturated carbocycles. The van der Waals surface area contributed by atoms with Crippen LogP contribution in [0.25, 0.3) is 11.1 Å². The van der Waals surface area contributed by atoms with Gasteiger partial charge < -0.3 is 15.0 Å². The maximum absolute atomic E-state index is 12.7. The smallest absolute Gasteiger partial charge is 0.409 e. The van der Waals surface area contributed by atoms with Crippen LogP contribution >= 0.6 is 0 Å². The molecule has 0 spiro atoms. The van der Waals surface area contributed by atoms with E-state index in [1.54, 1.807) is 0 Å². The van der Waals surface area contributed by atoms with Gasteiger partial charge in [0.25, 0.3) is 5.91 Å². The van der Waals surface area contributed by atoms with Crippen molar-refractivity contribution in [3.05, 3.63) is 60.2 Å². The molecule has 2 fully saturated rings. The van der Waals surface area contributed by atoms with E-state index in [-0.39, 0.29) is 12.0 Å². The van der Waals surface area contributed by atoms with E-state index in [0.29, 0.717) is 30.7 Å². The number of piperidine rings is 2. The number of rotatable bonds is 6. The summed E-state index contributed by atoms with van der Waals surface area (Å²) in [4.78, 5) is 29.0. The molecular formula is C27H35N3O3. The number of amides is 2. The van der Waals surface area contributed by atoms with E-state index in [1.807, 2.05) is 54.3 Å². The Morgan fingerprint density at radius 1 is 0.939 bits per heavy atom. The molecule has 2 amide bonds. The molecule has 0 bridgehead atoms. The van der Waals surface area contributed by atoms with Crippen molar-refractivity contribution in [3.63, 3.8) is 0 Å². The van der Waals surface area contributed by atoms with Crippen LogP contribution in [0.2, 0.25) is 0 Å². The highest BCUT2D eigenvalue weighted by Gasteiger charge is 2.30. The average molecular weight is 450 g/mol. The van der Waals surface area contributed by atoms with Crippen molar-refractivity contribution < 1.29 is 14.3 Å². The Morgan fingerprint density at radius 2 is 1.64 bits per heavy atom. The van der Waals surface area contributed by atoms with Gasteiger partial charge in [0.05, 0.1) is 6.61 Å². The van der Waals surface area contributed by atoms with Crippen LogP contribution in [0.4, 0.5) is 4.79 Å². The minimum atomic E-state index is -0.188. The Morgan fingerprint density at radius 3 is 2.33 bits per heavy atom. The zero-order valence-corrected chi connectivity index (χ0v) is 19.5. The number of hydrogen-bond acceptors (Lipinski definition) is 4. The van der Waals surface area contributed by atoms with Gasteiger partial charge in [-0.2, -0.15) is 0 Å². The van der Waals surface area contributed by atoms with E-state index in [1.165, 1.54) is 0 Å². The maximum atomic E-state index is 12.7. The normalized spacial score (nSPS) is 19.8. The Balaban J connectivity index is 1.24. The van der Waals surface area contributed by atoms with Crippen LogP contribution in [0.1, 0.15) is 43.0 Å². The molecule has 0 aliphatic carbocycles. The topological polar surface area (TPSA) is 61.9 Å². The molecule has 176 valence electrons.